The number of thiocarbonyl (C=S) groups is 1. The van der Waals surface area contributed by atoms with E-state index in [0.29, 0.717) is 6.54 Å². The summed E-state index contributed by atoms with van der Waals surface area (Å²) in [5.74, 6) is -0.290. The van der Waals surface area contributed by atoms with Crippen molar-refractivity contribution in [3.8, 4) is 11.1 Å². The third-order valence-electron chi connectivity index (χ3n) is 8.45. The normalized spacial score (nSPS) is 20.4. The van der Waals surface area contributed by atoms with E-state index in [0.717, 1.165) is 33.4 Å². The maximum atomic E-state index is 14.3. The van der Waals surface area contributed by atoms with Gasteiger partial charge in [-0.3, -0.25) is 9.69 Å². The van der Waals surface area contributed by atoms with Crippen LogP contribution < -0.4 is 0 Å². The van der Waals surface area contributed by atoms with Gasteiger partial charge in [-0.05, 0) is 45.6 Å². The van der Waals surface area contributed by atoms with Crippen LogP contribution in [0.5, 0.6) is 0 Å². The number of carbonyl (C=O) groups is 1. The first-order valence-corrected chi connectivity index (χ1v) is 14.3. The molecule has 1 heterocycles. The third kappa shape index (κ3) is 4.26. The van der Waals surface area contributed by atoms with Crippen molar-refractivity contribution in [3.05, 3.63) is 131 Å². The molecule has 40 heavy (non-hydrogen) atoms. The molecule has 6 rings (SSSR count). The van der Waals surface area contributed by atoms with Crippen molar-refractivity contribution < 1.29 is 14.3 Å². The van der Waals surface area contributed by atoms with Gasteiger partial charge < -0.3 is 9.47 Å². The fourth-order valence-corrected chi connectivity index (χ4v) is 6.90. The highest BCUT2D eigenvalue weighted by molar-refractivity contribution is 8.10. The maximum Gasteiger partial charge on any atom is 0.324 e. The van der Waals surface area contributed by atoms with E-state index in [-0.39, 0.29) is 23.1 Å². The molecule has 2 aliphatic rings. The molecule has 1 aliphatic carbocycles. The highest BCUT2D eigenvalue weighted by Gasteiger charge is 2.62. The predicted molar refractivity (Wildman–Crippen MR) is 165 cm³/mol. The first kappa shape index (κ1) is 26.8. The third-order valence-corrected chi connectivity index (χ3v) is 8.65. The lowest BCUT2D eigenvalue weighted by Crippen LogP contribution is -2.55. The second-order valence-corrected chi connectivity index (χ2v) is 12.1. The van der Waals surface area contributed by atoms with E-state index in [1.165, 1.54) is 0 Å². The molecule has 0 unspecified atom stereocenters. The quantitative estimate of drug-likeness (QED) is 0.155. The second-order valence-electron chi connectivity index (χ2n) is 11.0. The SMILES string of the molecule is CC1(C)[C@H](OC(=S)S)CN(C2(c3ccccc3)c3ccccc3-c3ccccc32)[C@@H]1C(=O)OCc1ccccc1. The molecule has 0 bridgehead atoms. The van der Waals surface area contributed by atoms with Crippen LogP contribution in [0.1, 0.15) is 36.1 Å². The van der Waals surface area contributed by atoms with E-state index in [9.17, 15) is 4.79 Å². The molecule has 2 atom stereocenters. The van der Waals surface area contributed by atoms with E-state index in [1.54, 1.807) is 0 Å². The minimum Gasteiger partial charge on any atom is -0.473 e. The number of thiol groups is 1. The van der Waals surface area contributed by atoms with Gasteiger partial charge in [0.1, 0.15) is 18.8 Å². The monoisotopic (exact) mass is 565 g/mol. The molecule has 0 aromatic heterocycles. The van der Waals surface area contributed by atoms with Gasteiger partial charge in [0.15, 0.2) is 0 Å². The molecule has 4 aromatic carbocycles. The fourth-order valence-electron chi connectivity index (χ4n) is 6.65. The van der Waals surface area contributed by atoms with Gasteiger partial charge in [-0.1, -0.05) is 136 Å². The molecule has 0 N–H and O–H groups in total. The maximum absolute atomic E-state index is 14.3. The fraction of sp³-hybridized carbons (Fsp3) is 0.235. The van der Waals surface area contributed by atoms with Gasteiger partial charge in [-0.25, -0.2) is 0 Å². The van der Waals surface area contributed by atoms with Crippen LogP contribution in [0.25, 0.3) is 11.1 Å². The Bertz CT molecular complexity index is 1510. The Morgan fingerprint density at radius 3 is 1.95 bits per heavy atom. The molecule has 1 saturated heterocycles. The van der Waals surface area contributed by atoms with Crippen LogP contribution in [0, 0.1) is 5.41 Å². The Morgan fingerprint density at radius 1 is 0.850 bits per heavy atom. The zero-order valence-corrected chi connectivity index (χ0v) is 24.2. The largest absolute Gasteiger partial charge is 0.473 e. The van der Waals surface area contributed by atoms with E-state index in [1.807, 2.05) is 36.4 Å². The van der Waals surface area contributed by atoms with Crippen LogP contribution in [0.2, 0.25) is 0 Å². The summed E-state index contributed by atoms with van der Waals surface area (Å²) in [6.45, 7) is 4.77. The van der Waals surface area contributed by atoms with Crippen molar-refractivity contribution in [1.29, 1.82) is 0 Å². The molecule has 1 fully saturated rings. The van der Waals surface area contributed by atoms with Gasteiger partial charge >= 0.3 is 5.97 Å². The Labute approximate surface area is 246 Å². The topological polar surface area (TPSA) is 38.8 Å². The van der Waals surface area contributed by atoms with Crippen molar-refractivity contribution >= 4 is 35.2 Å². The minimum absolute atomic E-state index is 0.164. The van der Waals surface area contributed by atoms with Gasteiger partial charge in [0.25, 0.3) is 0 Å². The molecule has 0 spiro atoms. The van der Waals surface area contributed by atoms with E-state index >= 15 is 0 Å². The number of likely N-dealkylation sites (tertiary alicyclic amines) is 1. The van der Waals surface area contributed by atoms with E-state index < -0.39 is 17.0 Å². The summed E-state index contributed by atoms with van der Waals surface area (Å²) in [7, 11) is 0. The molecule has 1 aliphatic heterocycles. The Hall–Kier alpha value is -3.45. The summed E-state index contributed by atoms with van der Waals surface area (Å²) in [4.78, 5) is 16.5. The lowest BCUT2D eigenvalue weighted by Gasteiger charge is -2.45. The number of hydrogen-bond donors (Lipinski definition) is 1. The first-order valence-electron chi connectivity index (χ1n) is 13.5. The predicted octanol–water partition coefficient (Wildman–Crippen LogP) is 7.01. The van der Waals surface area contributed by atoms with Crippen molar-refractivity contribution in [1.82, 2.24) is 4.90 Å². The molecule has 202 valence electrons. The van der Waals surface area contributed by atoms with Gasteiger partial charge in [-0.15, -0.1) is 0 Å². The Morgan fingerprint density at radius 2 is 1.38 bits per heavy atom. The van der Waals surface area contributed by atoms with Crippen LogP contribution in [0.4, 0.5) is 0 Å². The summed E-state index contributed by atoms with van der Waals surface area (Å²) in [5.41, 5.74) is 5.21. The molecule has 4 nitrogen and oxygen atoms in total. The smallest absolute Gasteiger partial charge is 0.324 e. The number of fused-ring (bicyclic) bond motifs is 3. The number of ether oxygens (including phenoxy) is 2. The standard InChI is InChI=1S/C34H31NO3S2/c1-33(2)29(38-32(39)40)21-35(30(33)31(36)37-22-23-13-5-3-6-14-23)34(24-15-7-4-8-16-24)27-19-11-9-17-25(27)26-18-10-12-20-28(26)34/h3-20,29-30H,21-22H2,1-2H3,(H,39,40)/t29-,30-/m1/s1. The zero-order chi connectivity index (χ0) is 27.9. The molecular formula is C34H31NO3S2. The van der Waals surface area contributed by atoms with Gasteiger partial charge in [0.05, 0.1) is 5.54 Å². The molecule has 4 aromatic rings. The van der Waals surface area contributed by atoms with Crippen molar-refractivity contribution in [2.45, 2.75) is 38.1 Å². The molecule has 6 heteroatoms. The van der Waals surface area contributed by atoms with Crippen molar-refractivity contribution in [2.24, 2.45) is 5.41 Å². The van der Waals surface area contributed by atoms with Crippen molar-refractivity contribution in [3.63, 3.8) is 0 Å². The Balaban J connectivity index is 1.56. The van der Waals surface area contributed by atoms with Gasteiger partial charge in [0.2, 0.25) is 4.38 Å². The summed E-state index contributed by atoms with van der Waals surface area (Å²) >= 11 is 9.60. The lowest BCUT2D eigenvalue weighted by molar-refractivity contribution is -0.155. The van der Waals surface area contributed by atoms with Crippen LogP contribution in [-0.4, -0.2) is 33.9 Å². The number of rotatable bonds is 6. The zero-order valence-electron chi connectivity index (χ0n) is 22.5. The molecule has 0 amide bonds. The number of carbonyl (C=O) groups excluding carboxylic acids is 1. The number of esters is 1. The van der Waals surface area contributed by atoms with Crippen LogP contribution >= 0.6 is 24.8 Å². The lowest BCUT2D eigenvalue weighted by atomic mass is 9.76. The van der Waals surface area contributed by atoms with Crippen LogP contribution in [-0.2, 0) is 26.4 Å². The van der Waals surface area contributed by atoms with E-state index in [2.05, 4.69) is 104 Å². The number of nitrogens with zero attached hydrogens (tertiary/aromatic N) is 1. The summed E-state index contributed by atoms with van der Waals surface area (Å²) < 4.78 is 12.4. The van der Waals surface area contributed by atoms with Crippen LogP contribution in [0.15, 0.2) is 109 Å². The molecular weight excluding hydrogens is 535 g/mol. The van der Waals surface area contributed by atoms with Gasteiger partial charge in [-0.2, -0.15) is 0 Å². The van der Waals surface area contributed by atoms with E-state index in [4.69, 9.17) is 21.7 Å². The highest BCUT2D eigenvalue weighted by Crippen LogP contribution is 2.58. The first-order chi connectivity index (χ1) is 19.3. The Kier molecular flexibility index (Phi) is 7.03. The number of benzene rings is 4. The van der Waals surface area contributed by atoms with Crippen LogP contribution in [0.3, 0.4) is 0 Å². The average Bonchev–Trinajstić information content (AvgIpc) is 3.41. The van der Waals surface area contributed by atoms with Crippen molar-refractivity contribution in [2.75, 3.05) is 6.54 Å². The molecule has 0 saturated carbocycles. The average molecular weight is 566 g/mol. The summed E-state index contributed by atoms with van der Waals surface area (Å²) in [5, 5.41) is 0. The second kappa shape index (κ2) is 10.5. The highest BCUT2D eigenvalue weighted by atomic mass is 32.1. The summed E-state index contributed by atoms with van der Waals surface area (Å²) in [6.07, 6.45) is -0.382. The minimum atomic E-state index is -0.752. The molecule has 0 radical (unpaired) electrons. The van der Waals surface area contributed by atoms with Gasteiger partial charge in [0, 0.05) is 12.0 Å². The number of hydrogen-bond acceptors (Lipinski definition) is 5. The summed E-state index contributed by atoms with van der Waals surface area (Å²) in [6, 6.07) is 36.6.